The smallest absolute Gasteiger partial charge is 0.251 e. The Hall–Kier alpha value is -2.36. The van der Waals surface area contributed by atoms with Crippen molar-refractivity contribution in [2.75, 3.05) is 0 Å². The third kappa shape index (κ3) is 3.81. The summed E-state index contributed by atoms with van der Waals surface area (Å²) in [7, 11) is 1.69. The summed E-state index contributed by atoms with van der Waals surface area (Å²) in [5, 5.41) is 2.86. The fourth-order valence-electron chi connectivity index (χ4n) is 2.06. The lowest BCUT2D eigenvalue weighted by Gasteiger charge is -2.08. The Kier molecular flexibility index (Phi) is 4.58. The number of aromatic nitrogens is 1. The number of carbonyl (C=O) groups excluding carboxylic acids is 1. The minimum Gasteiger partial charge on any atom is -0.348 e. The Morgan fingerprint density at radius 1 is 1.14 bits per heavy atom. The fraction of sp³-hybridized carbons (Fsp3) is 0.294. The molecule has 0 aliphatic rings. The summed E-state index contributed by atoms with van der Waals surface area (Å²) in [4.78, 5) is 23.4. The van der Waals surface area contributed by atoms with Gasteiger partial charge in [0.15, 0.2) is 0 Å². The van der Waals surface area contributed by atoms with Crippen molar-refractivity contribution in [3.63, 3.8) is 0 Å². The number of hydrogen-bond donors (Lipinski definition) is 1. The third-order valence-electron chi connectivity index (χ3n) is 3.44. The van der Waals surface area contributed by atoms with E-state index in [2.05, 4.69) is 19.2 Å². The van der Waals surface area contributed by atoms with Crippen molar-refractivity contribution < 1.29 is 4.79 Å². The number of rotatable bonds is 4. The molecule has 0 fully saturated rings. The minimum atomic E-state index is -0.112. The van der Waals surface area contributed by atoms with E-state index in [1.165, 1.54) is 16.2 Å². The summed E-state index contributed by atoms with van der Waals surface area (Å²) in [5.41, 5.74) is 2.69. The van der Waals surface area contributed by atoms with Crippen LogP contribution in [0, 0.1) is 0 Å². The molecule has 1 amide bonds. The van der Waals surface area contributed by atoms with Crippen LogP contribution < -0.4 is 10.9 Å². The average molecular weight is 284 g/mol. The zero-order chi connectivity index (χ0) is 15.4. The molecule has 0 aliphatic heterocycles. The molecule has 1 aromatic heterocycles. The molecule has 1 heterocycles. The highest BCUT2D eigenvalue weighted by Gasteiger charge is 2.06. The molecular weight excluding hydrogens is 264 g/mol. The van der Waals surface area contributed by atoms with Crippen molar-refractivity contribution in [1.29, 1.82) is 0 Å². The first-order valence-electron chi connectivity index (χ1n) is 7.01. The van der Waals surface area contributed by atoms with Crippen LogP contribution in [0.1, 0.15) is 41.3 Å². The van der Waals surface area contributed by atoms with Gasteiger partial charge in [0.2, 0.25) is 5.56 Å². The molecule has 1 aromatic carbocycles. The Morgan fingerprint density at radius 2 is 1.81 bits per heavy atom. The van der Waals surface area contributed by atoms with Crippen molar-refractivity contribution >= 4 is 5.91 Å². The van der Waals surface area contributed by atoms with E-state index in [0.717, 1.165) is 5.56 Å². The van der Waals surface area contributed by atoms with E-state index in [0.29, 0.717) is 18.0 Å². The number of amides is 1. The molecule has 0 unspecified atom stereocenters. The van der Waals surface area contributed by atoms with Crippen LogP contribution in [-0.4, -0.2) is 10.5 Å². The molecule has 2 aromatic rings. The largest absolute Gasteiger partial charge is 0.348 e. The molecule has 1 N–H and O–H groups in total. The van der Waals surface area contributed by atoms with Crippen molar-refractivity contribution in [1.82, 2.24) is 9.88 Å². The molecule has 0 saturated carbocycles. The zero-order valence-corrected chi connectivity index (χ0v) is 12.6. The maximum absolute atomic E-state index is 12.1. The number of pyridine rings is 1. The van der Waals surface area contributed by atoms with Gasteiger partial charge in [0.1, 0.15) is 0 Å². The van der Waals surface area contributed by atoms with Gasteiger partial charge in [0.25, 0.3) is 5.91 Å². The third-order valence-corrected chi connectivity index (χ3v) is 3.44. The minimum absolute atomic E-state index is 0.0608. The van der Waals surface area contributed by atoms with E-state index in [4.69, 9.17) is 0 Å². The molecule has 2 rings (SSSR count). The first-order chi connectivity index (χ1) is 9.97. The van der Waals surface area contributed by atoms with Crippen LogP contribution in [0.3, 0.4) is 0 Å². The predicted octanol–water partition coefficient (Wildman–Crippen LogP) is 2.44. The Bertz CT molecular complexity index is 685. The molecule has 4 heteroatoms. The lowest BCUT2D eigenvalue weighted by Crippen LogP contribution is -2.24. The lowest BCUT2D eigenvalue weighted by atomic mass is 10.0. The van der Waals surface area contributed by atoms with E-state index < -0.39 is 0 Å². The topological polar surface area (TPSA) is 51.1 Å². The number of benzene rings is 1. The molecule has 110 valence electrons. The molecule has 21 heavy (non-hydrogen) atoms. The van der Waals surface area contributed by atoms with Gasteiger partial charge in [0, 0.05) is 31.4 Å². The van der Waals surface area contributed by atoms with Crippen LogP contribution in [0.25, 0.3) is 0 Å². The Balaban J connectivity index is 2.01. The van der Waals surface area contributed by atoms with Crippen LogP contribution in [0.2, 0.25) is 0 Å². The first kappa shape index (κ1) is 15.0. The standard InChI is InChI=1S/C17H20N2O2/c1-12(2)14-5-7-15(8-6-14)17(21)18-10-13-4-9-16(20)19(3)11-13/h4-9,11-12H,10H2,1-3H3,(H,18,21). The van der Waals surface area contributed by atoms with Gasteiger partial charge < -0.3 is 9.88 Å². The van der Waals surface area contributed by atoms with Gasteiger partial charge >= 0.3 is 0 Å². The van der Waals surface area contributed by atoms with Gasteiger partial charge in [-0.3, -0.25) is 9.59 Å². The highest BCUT2D eigenvalue weighted by Crippen LogP contribution is 2.14. The molecule has 0 atom stereocenters. The average Bonchev–Trinajstić information content (AvgIpc) is 2.48. The van der Waals surface area contributed by atoms with Crippen molar-refractivity contribution in [2.24, 2.45) is 7.05 Å². The highest BCUT2D eigenvalue weighted by atomic mass is 16.1. The molecular formula is C17H20N2O2. The SMILES string of the molecule is CC(C)c1ccc(C(=O)NCc2ccc(=O)n(C)c2)cc1. The summed E-state index contributed by atoms with van der Waals surface area (Å²) in [6.45, 7) is 4.64. The maximum Gasteiger partial charge on any atom is 0.251 e. The molecule has 0 radical (unpaired) electrons. The van der Waals surface area contributed by atoms with Gasteiger partial charge in [-0.25, -0.2) is 0 Å². The van der Waals surface area contributed by atoms with Gasteiger partial charge in [-0.15, -0.1) is 0 Å². The van der Waals surface area contributed by atoms with E-state index >= 15 is 0 Å². The number of aryl methyl sites for hydroxylation is 1. The van der Waals surface area contributed by atoms with Gasteiger partial charge in [0.05, 0.1) is 0 Å². The first-order valence-corrected chi connectivity index (χ1v) is 7.01. The quantitative estimate of drug-likeness (QED) is 0.937. The summed E-state index contributed by atoms with van der Waals surface area (Å²) in [6, 6.07) is 10.9. The second kappa shape index (κ2) is 6.39. The van der Waals surface area contributed by atoms with Crippen LogP contribution in [0.5, 0.6) is 0 Å². The predicted molar refractivity (Wildman–Crippen MR) is 83.4 cm³/mol. The van der Waals surface area contributed by atoms with Gasteiger partial charge in [-0.1, -0.05) is 32.0 Å². The van der Waals surface area contributed by atoms with Crippen LogP contribution in [0.15, 0.2) is 47.4 Å². The number of hydrogen-bond acceptors (Lipinski definition) is 2. The molecule has 4 nitrogen and oxygen atoms in total. The molecule has 0 spiro atoms. The second-order valence-corrected chi connectivity index (χ2v) is 5.45. The van der Waals surface area contributed by atoms with E-state index in [9.17, 15) is 9.59 Å². The molecule has 0 bridgehead atoms. The fourth-order valence-corrected chi connectivity index (χ4v) is 2.06. The van der Waals surface area contributed by atoms with Crippen LogP contribution in [0.4, 0.5) is 0 Å². The summed E-state index contributed by atoms with van der Waals surface area (Å²) >= 11 is 0. The molecule has 0 aliphatic carbocycles. The molecule has 0 saturated heterocycles. The maximum atomic E-state index is 12.1. The Labute approximate surface area is 124 Å². The normalized spacial score (nSPS) is 10.7. The second-order valence-electron chi connectivity index (χ2n) is 5.45. The van der Waals surface area contributed by atoms with Gasteiger partial charge in [-0.05, 0) is 29.2 Å². The van der Waals surface area contributed by atoms with Crippen molar-refractivity contribution in [2.45, 2.75) is 26.3 Å². The number of nitrogens with one attached hydrogen (secondary N) is 1. The van der Waals surface area contributed by atoms with E-state index in [1.54, 1.807) is 19.3 Å². The van der Waals surface area contributed by atoms with Gasteiger partial charge in [-0.2, -0.15) is 0 Å². The summed E-state index contributed by atoms with van der Waals surface area (Å²) in [6.07, 6.45) is 1.73. The van der Waals surface area contributed by atoms with Crippen molar-refractivity contribution in [3.05, 3.63) is 69.6 Å². The number of carbonyl (C=O) groups is 1. The van der Waals surface area contributed by atoms with Crippen molar-refractivity contribution in [3.8, 4) is 0 Å². The lowest BCUT2D eigenvalue weighted by molar-refractivity contribution is 0.0951. The zero-order valence-electron chi connectivity index (χ0n) is 12.6. The van der Waals surface area contributed by atoms with Crippen LogP contribution in [-0.2, 0) is 13.6 Å². The summed E-state index contributed by atoms with van der Waals surface area (Å²) in [5.74, 6) is 0.340. The highest BCUT2D eigenvalue weighted by molar-refractivity contribution is 5.94. The van der Waals surface area contributed by atoms with E-state index in [1.807, 2.05) is 24.3 Å². The summed E-state index contributed by atoms with van der Waals surface area (Å²) < 4.78 is 1.50. The Morgan fingerprint density at radius 3 is 2.38 bits per heavy atom. The number of nitrogens with zero attached hydrogens (tertiary/aromatic N) is 1. The monoisotopic (exact) mass is 284 g/mol. The van der Waals surface area contributed by atoms with E-state index in [-0.39, 0.29) is 11.5 Å². The van der Waals surface area contributed by atoms with Crippen LogP contribution >= 0.6 is 0 Å².